The van der Waals surface area contributed by atoms with Crippen molar-refractivity contribution in [3.63, 3.8) is 0 Å². The Morgan fingerprint density at radius 2 is 1.45 bits per heavy atom. The van der Waals surface area contributed by atoms with Crippen LogP contribution in [0.15, 0.2) is 12.7 Å². The zero-order chi connectivity index (χ0) is 24.6. The van der Waals surface area contributed by atoms with Gasteiger partial charge in [-0.05, 0) is 41.5 Å². The normalized spacial score (nSPS) is 13.7. The summed E-state index contributed by atoms with van der Waals surface area (Å²) in [5.41, 5.74) is 1.29. The maximum Gasteiger partial charge on any atom is 0.420 e. The van der Waals surface area contributed by atoms with Gasteiger partial charge in [-0.25, -0.2) is 14.4 Å². The summed E-state index contributed by atoms with van der Waals surface area (Å²) >= 11 is 0. The minimum absolute atomic E-state index is 0.0229. The third-order valence-electron chi connectivity index (χ3n) is 3.26. The molecule has 0 aromatic rings. The van der Waals surface area contributed by atoms with E-state index in [0.717, 1.165) is 7.11 Å². The number of ether oxygens (including phenoxy) is 4. The molecule has 8 nitrogen and oxygen atoms in total. The molecule has 0 bridgehead atoms. The molecule has 0 saturated carbocycles. The van der Waals surface area contributed by atoms with Crippen molar-refractivity contribution in [2.75, 3.05) is 13.7 Å². The quantitative estimate of drug-likeness (QED) is 0.195. The number of nitrogens with zero attached hydrogens (tertiary/aromatic N) is 1. The highest BCUT2D eigenvalue weighted by Crippen LogP contribution is 2.21. The van der Waals surface area contributed by atoms with Crippen molar-refractivity contribution in [3.8, 4) is 11.5 Å². The number of hydrogen-bond donors (Lipinski definition) is 0. The summed E-state index contributed by atoms with van der Waals surface area (Å²) in [6.45, 7) is 19.7. The molecular weight excluding hydrogens is 418 g/mol. The highest BCUT2D eigenvalue weighted by atomic mass is 28.3. The van der Waals surface area contributed by atoms with Gasteiger partial charge in [-0.3, -0.25) is 0 Å². The van der Waals surface area contributed by atoms with Crippen LogP contribution >= 0.6 is 0 Å². The van der Waals surface area contributed by atoms with E-state index >= 15 is 0 Å². The first-order valence-electron chi connectivity index (χ1n) is 9.99. The van der Waals surface area contributed by atoms with Gasteiger partial charge in [0, 0.05) is 0 Å². The fourth-order valence-corrected chi connectivity index (χ4v) is 2.76. The van der Waals surface area contributed by atoms with Crippen molar-refractivity contribution in [2.45, 2.75) is 84.5 Å². The van der Waals surface area contributed by atoms with E-state index in [4.69, 9.17) is 18.9 Å². The Morgan fingerprint density at radius 1 is 1.00 bits per heavy atom. The standard InChI is InChI=1S/C22H37NO7Si/c1-12-16(28-14-13-15-31(9,10)11)17(18(24)27-8)23(19(25)29-21(2,3)4)20(26)30-22(5,6)7/h12,16-17H,1,14H2,2-11H3/t16-,17+/m0/s1. The Labute approximate surface area is 187 Å². The van der Waals surface area contributed by atoms with Crippen molar-refractivity contribution in [2.24, 2.45) is 0 Å². The molecule has 0 rings (SSSR count). The van der Waals surface area contributed by atoms with Gasteiger partial charge in [0.25, 0.3) is 0 Å². The van der Waals surface area contributed by atoms with Gasteiger partial charge >= 0.3 is 18.2 Å². The van der Waals surface area contributed by atoms with Gasteiger partial charge in [-0.2, -0.15) is 4.90 Å². The van der Waals surface area contributed by atoms with Crippen molar-refractivity contribution >= 4 is 26.2 Å². The first kappa shape index (κ1) is 28.7. The molecule has 0 aliphatic heterocycles. The second kappa shape index (κ2) is 11.3. The number of carbonyl (C=O) groups excluding carboxylic acids is 3. The van der Waals surface area contributed by atoms with Crippen molar-refractivity contribution < 1.29 is 33.3 Å². The maximum absolute atomic E-state index is 12.9. The van der Waals surface area contributed by atoms with E-state index in [1.807, 2.05) is 0 Å². The van der Waals surface area contributed by atoms with Crippen molar-refractivity contribution in [3.05, 3.63) is 12.7 Å². The third-order valence-corrected chi connectivity index (χ3v) is 4.18. The third kappa shape index (κ3) is 11.6. The van der Waals surface area contributed by atoms with E-state index in [1.54, 1.807) is 41.5 Å². The second-order valence-electron chi connectivity index (χ2n) is 9.86. The first-order valence-corrected chi connectivity index (χ1v) is 13.5. The predicted octanol–water partition coefficient (Wildman–Crippen LogP) is 4.15. The Morgan fingerprint density at radius 3 is 1.77 bits per heavy atom. The number of carbonyl (C=O) groups is 3. The largest absolute Gasteiger partial charge is 0.467 e. The first-order chi connectivity index (χ1) is 13.9. The Balaban J connectivity index is 6.14. The van der Waals surface area contributed by atoms with Crippen LogP contribution in [0.3, 0.4) is 0 Å². The molecule has 0 fully saturated rings. The summed E-state index contributed by atoms with van der Waals surface area (Å²) < 4.78 is 21.2. The molecule has 0 spiro atoms. The number of amides is 2. The lowest BCUT2D eigenvalue weighted by molar-refractivity contribution is -0.151. The Kier molecular flexibility index (Phi) is 10.5. The summed E-state index contributed by atoms with van der Waals surface area (Å²) in [4.78, 5) is 39.0. The summed E-state index contributed by atoms with van der Waals surface area (Å²) in [6.07, 6.45) is -1.93. The van der Waals surface area contributed by atoms with Gasteiger partial charge in [0.05, 0.1) is 7.11 Å². The molecule has 31 heavy (non-hydrogen) atoms. The topological polar surface area (TPSA) is 91.4 Å². The maximum atomic E-state index is 12.9. The van der Waals surface area contributed by atoms with Crippen molar-refractivity contribution in [1.82, 2.24) is 4.90 Å². The minimum atomic E-state index is -1.62. The van der Waals surface area contributed by atoms with E-state index in [1.165, 1.54) is 6.08 Å². The van der Waals surface area contributed by atoms with Gasteiger partial charge < -0.3 is 18.9 Å². The predicted molar refractivity (Wildman–Crippen MR) is 121 cm³/mol. The fourth-order valence-electron chi connectivity index (χ4n) is 2.16. The molecule has 9 heteroatoms. The summed E-state index contributed by atoms with van der Waals surface area (Å²) in [7, 11) is -0.482. The van der Waals surface area contributed by atoms with Gasteiger partial charge in [0.15, 0.2) is 6.04 Å². The molecule has 0 heterocycles. The lowest BCUT2D eigenvalue weighted by atomic mass is 10.1. The van der Waals surface area contributed by atoms with Crippen LogP contribution in [-0.4, -0.2) is 68.2 Å². The van der Waals surface area contributed by atoms with E-state index in [2.05, 4.69) is 37.7 Å². The zero-order valence-corrected chi connectivity index (χ0v) is 21.5. The number of rotatable bonds is 6. The van der Waals surface area contributed by atoms with E-state index in [-0.39, 0.29) is 6.61 Å². The molecule has 0 aliphatic carbocycles. The molecule has 0 radical (unpaired) electrons. The average Bonchev–Trinajstić information content (AvgIpc) is 2.55. The van der Waals surface area contributed by atoms with Crippen LogP contribution < -0.4 is 0 Å². The second-order valence-corrected chi connectivity index (χ2v) is 14.6. The van der Waals surface area contributed by atoms with Crippen LogP contribution in [0.4, 0.5) is 9.59 Å². The minimum Gasteiger partial charge on any atom is -0.467 e. The number of hydrogen-bond acceptors (Lipinski definition) is 7. The monoisotopic (exact) mass is 455 g/mol. The van der Waals surface area contributed by atoms with Crippen molar-refractivity contribution in [1.29, 1.82) is 0 Å². The zero-order valence-electron chi connectivity index (χ0n) is 20.5. The SMILES string of the molecule is C=C[C@H](OCC#C[Si](C)(C)C)[C@H](C(=O)OC)N(C(=O)OC(C)(C)C)C(=O)OC(C)(C)C. The molecular formula is C22H37NO7Si. The molecule has 0 unspecified atom stereocenters. The molecule has 0 aromatic heterocycles. The molecule has 0 aliphatic rings. The van der Waals surface area contributed by atoms with Crippen LogP contribution in [0.5, 0.6) is 0 Å². The average molecular weight is 456 g/mol. The Hall–Kier alpha value is -2.31. The van der Waals surface area contributed by atoms with Crippen LogP contribution in [-0.2, 0) is 23.7 Å². The molecule has 0 saturated heterocycles. The smallest absolute Gasteiger partial charge is 0.420 e. The summed E-state index contributed by atoms with van der Waals surface area (Å²) in [5.74, 6) is 2.03. The van der Waals surface area contributed by atoms with Gasteiger partial charge in [0.1, 0.15) is 32.0 Å². The molecule has 2 amide bonds. The van der Waals surface area contributed by atoms with Gasteiger partial charge in [0.2, 0.25) is 0 Å². The number of methoxy groups -OCH3 is 1. The summed E-state index contributed by atoms with van der Waals surface area (Å²) in [5, 5.41) is 0. The molecule has 176 valence electrons. The van der Waals surface area contributed by atoms with Gasteiger partial charge in [-0.15, -0.1) is 12.1 Å². The lowest BCUT2D eigenvalue weighted by Crippen LogP contribution is -2.57. The molecule has 0 N–H and O–H groups in total. The molecule has 0 aromatic carbocycles. The van der Waals surface area contributed by atoms with Crippen LogP contribution in [0.25, 0.3) is 0 Å². The highest BCUT2D eigenvalue weighted by molar-refractivity contribution is 6.83. The van der Waals surface area contributed by atoms with E-state index < -0.39 is 49.6 Å². The molecule has 2 atom stereocenters. The lowest BCUT2D eigenvalue weighted by Gasteiger charge is -2.34. The summed E-state index contributed by atoms with van der Waals surface area (Å²) in [6, 6.07) is -1.51. The van der Waals surface area contributed by atoms with E-state index in [9.17, 15) is 14.4 Å². The van der Waals surface area contributed by atoms with Gasteiger partial charge in [-0.1, -0.05) is 31.6 Å². The highest BCUT2D eigenvalue weighted by Gasteiger charge is 2.44. The van der Waals surface area contributed by atoms with Crippen LogP contribution in [0, 0.1) is 11.5 Å². The Bertz CT molecular complexity index is 689. The van der Waals surface area contributed by atoms with Crippen LogP contribution in [0.1, 0.15) is 41.5 Å². The van der Waals surface area contributed by atoms with E-state index in [0.29, 0.717) is 4.90 Å². The van der Waals surface area contributed by atoms with Crippen LogP contribution in [0.2, 0.25) is 19.6 Å². The number of esters is 1. The number of imide groups is 1. The fraction of sp³-hybridized carbons (Fsp3) is 0.682.